The van der Waals surface area contributed by atoms with Crippen molar-refractivity contribution in [2.24, 2.45) is 0 Å². The first-order valence-electron chi connectivity index (χ1n) is 16.5. The number of nitriles is 1. The number of hydrogen-bond acceptors (Lipinski definition) is 5. The van der Waals surface area contributed by atoms with Crippen LogP contribution in [0.3, 0.4) is 0 Å². The number of phenolic OH excluding ortho intramolecular Hbond substituents is 4. The second-order valence-electron chi connectivity index (χ2n) is 16.5. The highest BCUT2D eigenvalue weighted by atomic mass is 16.3. The molecule has 0 heterocycles. The molecule has 4 aromatic carbocycles. The van der Waals surface area contributed by atoms with Crippen molar-refractivity contribution in [1.82, 2.24) is 0 Å². The van der Waals surface area contributed by atoms with Crippen LogP contribution >= 0.6 is 0 Å². The van der Waals surface area contributed by atoms with Gasteiger partial charge < -0.3 is 20.4 Å². The molecule has 5 heteroatoms. The molecule has 0 fully saturated rings. The van der Waals surface area contributed by atoms with Gasteiger partial charge in [0.2, 0.25) is 0 Å². The minimum absolute atomic E-state index is 0.0979. The zero-order chi connectivity index (χ0) is 34.6. The van der Waals surface area contributed by atoms with E-state index < -0.39 is 0 Å². The zero-order valence-corrected chi connectivity index (χ0v) is 29.4. The summed E-state index contributed by atoms with van der Waals surface area (Å²) < 4.78 is 0. The summed E-state index contributed by atoms with van der Waals surface area (Å²) in [5, 5.41) is 56.8. The first kappa shape index (κ1) is 33.9. The second-order valence-corrected chi connectivity index (χ2v) is 16.5. The molecule has 246 valence electrons. The van der Waals surface area contributed by atoms with Crippen molar-refractivity contribution in [3.63, 3.8) is 0 Å². The Morgan fingerprint density at radius 3 is 0.851 bits per heavy atom. The SMILES string of the molecule is CC(C)(C)c1cc2c(O)c(c1)Cc1cc(C(C)(C)C)cc(c1O)Cc1cc(C(C)(C)C)cc(c1O)Cc1cc(CC#N)cc(c1O)C2. The van der Waals surface area contributed by atoms with Gasteiger partial charge in [0.25, 0.3) is 0 Å². The molecule has 4 aromatic rings. The van der Waals surface area contributed by atoms with Crippen molar-refractivity contribution >= 4 is 0 Å². The average Bonchev–Trinajstić information content (AvgIpc) is 2.94. The normalized spacial score (nSPS) is 13.7. The van der Waals surface area contributed by atoms with E-state index in [0.29, 0.717) is 57.3 Å². The molecule has 1 aliphatic carbocycles. The molecular weight excluding hydrogens is 582 g/mol. The van der Waals surface area contributed by atoms with Crippen molar-refractivity contribution in [2.75, 3.05) is 0 Å². The summed E-state index contributed by atoms with van der Waals surface area (Å²) in [6, 6.07) is 18.0. The topological polar surface area (TPSA) is 105 Å². The molecule has 0 saturated carbocycles. The van der Waals surface area contributed by atoms with E-state index in [2.05, 4.69) is 68.4 Å². The largest absolute Gasteiger partial charge is 0.507 e. The average molecular weight is 632 g/mol. The fraction of sp³-hybridized carbons (Fsp3) is 0.405. The van der Waals surface area contributed by atoms with Crippen molar-refractivity contribution in [2.45, 2.75) is 111 Å². The minimum Gasteiger partial charge on any atom is -0.507 e. The van der Waals surface area contributed by atoms with E-state index in [9.17, 15) is 25.7 Å². The van der Waals surface area contributed by atoms with Gasteiger partial charge in [0, 0.05) is 25.7 Å². The van der Waals surface area contributed by atoms with Crippen LogP contribution in [0.1, 0.15) is 129 Å². The van der Waals surface area contributed by atoms with Crippen LogP contribution in [0.25, 0.3) is 0 Å². The van der Waals surface area contributed by atoms with E-state index in [4.69, 9.17) is 0 Å². The van der Waals surface area contributed by atoms with Gasteiger partial charge >= 0.3 is 0 Å². The number of benzene rings is 4. The Morgan fingerprint density at radius 1 is 0.447 bits per heavy atom. The third-order valence-electron chi connectivity index (χ3n) is 9.54. The maximum atomic E-state index is 11.9. The summed E-state index contributed by atoms with van der Waals surface area (Å²) in [6.07, 6.45) is 1.27. The van der Waals surface area contributed by atoms with E-state index in [1.807, 2.05) is 48.5 Å². The van der Waals surface area contributed by atoms with Gasteiger partial charge in [-0.25, -0.2) is 0 Å². The standard InChI is InChI=1S/C42H49NO4/c1-40(2,3)33-18-27-14-25-12-24(10-11-43)13-26(36(25)44)15-28-19-34(41(4,5)6)21-30(38(28)46)17-32-23-35(42(7,8)9)22-31(39(32)47)16-29(20-33)37(27)45/h12-13,18-23,44-47H,10,14-17H2,1-9H3. The number of fused-ring (bicyclic) bond motifs is 8. The Balaban J connectivity index is 1.87. The lowest BCUT2D eigenvalue weighted by atomic mass is 9.80. The van der Waals surface area contributed by atoms with Crippen molar-refractivity contribution in [1.29, 1.82) is 5.26 Å². The van der Waals surface area contributed by atoms with E-state index in [0.717, 1.165) is 22.3 Å². The highest BCUT2D eigenvalue weighted by Gasteiger charge is 2.26. The summed E-state index contributed by atoms with van der Waals surface area (Å²) in [5.41, 5.74) is 8.61. The molecule has 47 heavy (non-hydrogen) atoms. The van der Waals surface area contributed by atoms with E-state index in [1.165, 1.54) is 0 Å². The Bertz CT molecular complexity index is 1790. The van der Waals surface area contributed by atoms with Crippen LogP contribution in [0.15, 0.2) is 48.5 Å². The second kappa shape index (κ2) is 12.0. The van der Waals surface area contributed by atoms with Crippen LogP contribution in [-0.2, 0) is 48.3 Å². The number of hydrogen-bond donors (Lipinski definition) is 4. The summed E-state index contributed by atoms with van der Waals surface area (Å²) in [6.45, 7) is 19.2. The minimum atomic E-state index is -0.223. The molecule has 4 N–H and O–H groups in total. The summed E-state index contributed by atoms with van der Waals surface area (Å²) >= 11 is 0. The Hall–Kier alpha value is -4.43. The maximum absolute atomic E-state index is 11.9. The van der Waals surface area contributed by atoms with Gasteiger partial charge in [0.05, 0.1) is 12.5 Å². The molecule has 0 saturated heterocycles. The molecule has 5 nitrogen and oxygen atoms in total. The van der Waals surface area contributed by atoms with E-state index in [-0.39, 0.29) is 58.5 Å². The van der Waals surface area contributed by atoms with E-state index in [1.54, 1.807) is 0 Å². The van der Waals surface area contributed by atoms with Gasteiger partial charge in [-0.1, -0.05) is 111 Å². The Morgan fingerprint density at radius 2 is 0.660 bits per heavy atom. The Kier molecular flexibility index (Phi) is 8.65. The van der Waals surface area contributed by atoms with Gasteiger partial charge in [-0.15, -0.1) is 0 Å². The molecule has 0 spiro atoms. The molecule has 0 radical (unpaired) electrons. The highest BCUT2D eigenvalue weighted by molar-refractivity contribution is 5.58. The predicted molar refractivity (Wildman–Crippen MR) is 189 cm³/mol. The molecule has 0 amide bonds. The number of aromatic hydroxyl groups is 4. The first-order valence-corrected chi connectivity index (χ1v) is 16.5. The summed E-state index contributed by atoms with van der Waals surface area (Å²) in [4.78, 5) is 0. The lowest BCUT2D eigenvalue weighted by Gasteiger charge is -2.26. The lowest BCUT2D eigenvalue weighted by Crippen LogP contribution is -2.15. The van der Waals surface area contributed by atoms with Crippen LogP contribution in [0.4, 0.5) is 0 Å². The maximum Gasteiger partial charge on any atom is 0.122 e. The molecule has 1 aliphatic rings. The fourth-order valence-corrected chi connectivity index (χ4v) is 6.50. The van der Waals surface area contributed by atoms with Crippen LogP contribution in [0.2, 0.25) is 0 Å². The summed E-state index contributed by atoms with van der Waals surface area (Å²) in [5.74, 6) is 0.534. The molecule has 8 bridgehead atoms. The quantitative estimate of drug-likeness (QED) is 0.148. The smallest absolute Gasteiger partial charge is 0.122 e. The molecule has 0 aliphatic heterocycles. The van der Waals surface area contributed by atoms with Crippen LogP contribution in [-0.4, -0.2) is 20.4 Å². The van der Waals surface area contributed by atoms with Crippen LogP contribution in [0, 0.1) is 11.3 Å². The van der Waals surface area contributed by atoms with Gasteiger partial charge in [-0.05, 0) is 83.0 Å². The third kappa shape index (κ3) is 6.98. The van der Waals surface area contributed by atoms with Gasteiger partial charge in [-0.3, -0.25) is 0 Å². The molecule has 5 rings (SSSR count). The zero-order valence-electron chi connectivity index (χ0n) is 29.4. The van der Waals surface area contributed by atoms with Gasteiger partial charge in [-0.2, -0.15) is 5.26 Å². The van der Waals surface area contributed by atoms with Gasteiger partial charge in [0.1, 0.15) is 23.0 Å². The first-order chi connectivity index (χ1) is 21.8. The lowest BCUT2D eigenvalue weighted by molar-refractivity contribution is 0.449. The molecule has 0 atom stereocenters. The molecular formula is C42H49NO4. The monoisotopic (exact) mass is 631 g/mol. The molecule has 0 aromatic heterocycles. The van der Waals surface area contributed by atoms with Gasteiger partial charge in [0.15, 0.2) is 0 Å². The van der Waals surface area contributed by atoms with Crippen molar-refractivity contribution in [3.8, 4) is 29.1 Å². The number of rotatable bonds is 1. The summed E-state index contributed by atoms with van der Waals surface area (Å²) in [7, 11) is 0. The van der Waals surface area contributed by atoms with E-state index >= 15 is 0 Å². The predicted octanol–water partition coefficient (Wildman–Crippen LogP) is 9.14. The number of nitrogens with zero attached hydrogens (tertiary/aromatic N) is 1. The fourth-order valence-electron chi connectivity index (χ4n) is 6.50. The number of phenols is 4. The van der Waals surface area contributed by atoms with Crippen molar-refractivity contribution < 1.29 is 20.4 Å². The Labute approximate surface area is 280 Å². The van der Waals surface area contributed by atoms with Crippen LogP contribution < -0.4 is 0 Å². The third-order valence-corrected chi connectivity index (χ3v) is 9.54. The highest BCUT2D eigenvalue weighted by Crippen LogP contribution is 2.42. The molecule has 0 unspecified atom stereocenters. The van der Waals surface area contributed by atoms with Crippen LogP contribution in [0.5, 0.6) is 23.0 Å². The van der Waals surface area contributed by atoms with Crippen molar-refractivity contribution in [3.05, 3.63) is 115 Å².